The lowest BCUT2D eigenvalue weighted by Crippen LogP contribution is -2.17. The third kappa shape index (κ3) is 4.96. The Morgan fingerprint density at radius 1 is 1.10 bits per heavy atom. The van der Waals surface area contributed by atoms with Gasteiger partial charge in [-0.1, -0.05) is 0 Å². The predicted molar refractivity (Wildman–Crippen MR) is 141 cm³/mol. The Kier molecular flexibility index (Phi) is 7.41. The van der Waals surface area contributed by atoms with Gasteiger partial charge in [-0.3, -0.25) is 4.79 Å². The van der Waals surface area contributed by atoms with Crippen LogP contribution < -0.4 is 14.8 Å². The predicted octanol–water partition coefficient (Wildman–Crippen LogP) is 5.80. The van der Waals surface area contributed by atoms with Gasteiger partial charge in [0.05, 0.1) is 38.3 Å². The molecule has 1 N–H and O–H groups in total. The number of nitrogens with one attached hydrogen (secondary N) is 1. The van der Waals surface area contributed by atoms with Gasteiger partial charge in [0.2, 0.25) is 0 Å². The molecule has 0 saturated carbocycles. The number of rotatable bonds is 7. The Hall–Kier alpha value is -4.13. The first-order valence-electron chi connectivity index (χ1n) is 12.5. The molecule has 1 aliphatic carbocycles. The Labute approximate surface area is 230 Å². The summed E-state index contributed by atoms with van der Waals surface area (Å²) in [6.07, 6.45) is -0.457. The second-order valence-corrected chi connectivity index (χ2v) is 10.1. The summed E-state index contributed by atoms with van der Waals surface area (Å²) in [5.41, 5.74) is -0.187. The van der Waals surface area contributed by atoms with Crippen molar-refractivity contribution in [2.45, 2.75) is 38.8 Å². The number of anilines is 1. The van der Waals surface area contributed by atoms with Gasteiger partial charge in [-0.15, -0.1) is 11.3 Å². The molecule has 0 fully saturated rings. The molecule has 3 aromatic heterocycles. The van der Waals surface area contributed by atoms with Crippen LogP contribution in [0.1, 0.15) is 56.6 Å². The molecule has 13 heteroatoms. The fourth-order valence-corrected chi connectivity index (χ4v) is 5.98. The van der Waals surface area contributed by atoms with Crippen molar-refractivity contribution in [3.8, 4) is 22.8 Å². The lowest BCUT2D eigenvalue weighted by atomic mass is 9.95. The van der Waals surface area contributed by atoms with Crippen LogP contribution in [-0.2, 0) is 23.8 Å². The number of amides is 1. The molecule has 0 bridgehead atoms. The van der Waals surface area contributed by atoms with Crippen molar-refractivity contribution in [3.05, 3.63) is 57.7 Å². The number of ether oxygens (including phenoxy) is 3. The van der Waals surface area contributed by atoms with E-state index in [2.05, 4.69) is 15.4 Å². The second kappa shape index (κ2) is 10.8. The Morgan fingerprint density at radius 2 is 1.85 bits per heavy atom. The van der Waals surface area contributed by atoms with E-state index in [4.69, 9.17) is 14.2 Å². The molecule has 0 unspecified atom stereocenters. The number of thiophene rings is 1. The summed E-state index contributed by atoms with van der Waals surface area (Å²) in [7, 11) is 2.85. The topological polar surface area (TPSA) is 104 Å². The minimum absolute atomic E-state index is 0.0471. The summed E-state index contributed by atoms with van der Waals surface area (Å²) < 4.78 is 58.6. The van der Waals surface area contributed by atoms with E-state index < -0.39 is 23.7 Å². The average molecular weight is 575 g/mol. The Balaban J connectivity index is 1.60. The largest absolute Gasteiger partial charge is 0.493 e. The van der Waals surface area contributed by atoms with E-state index in [9.17, 15) is 22.8 Å². The van der Waals surface area contributed by atoms with Crippen LogP contribution in [0.15, 0.2) is 30.5 Å². The number of hydrogen-bond acceptors (Lipinski definition) is 8. The summed E-state index contributed by atoms with van der Waals surface area (Å²) in [6.45, 7) is 1.85. The van der Waals surface area contributed by atoms with Gasteiger partial charge < -0.3 is 19.5 Å². The number of carbonyl (C=O) groups is 2. The summed E-state index contributed by atoms with van der Waals surface area (Å²) in [6, 6.07) is 5.44. The van der Waals surface area contributed by atoms with E-state index in [1.165, 1.54) is 37.7 Å². The van der Waals surface area contributed by atoms with Gasteiger partial charge in [0.25, 0.3) is 5.91 Å². The van der Waals surface area contributed by atoms with Crippen molar-refractivity contribution in [1.29, 1.82) is 0 Å². The van der Waals surface area contributed by atoms with E-state index in [0.29, 0.717) is 38.6 Å². The maximum atomic E-state index is 14.1. The quantitative estimate of drug-likeness (QED) is 0.278. The van der Waals surface area contributed by atoms with Crippen LogP contribution in [-0.4, -0.2) is 47.3 Å². The molecule has 0 atom stereocenters. The fraction of sp³-hybridized carbons (Fsp3) is 0.333. The molecule has 0 spiro atoms. The number of aromatic nitrogens is 3. The van der Waals surface area contributed by atoms with E-state index in [-0.39, 0.29) is 23.5 Å². The first-order chi connectivity index (χ1) is 19.2. The number of halogens is 3. The number of benzene rings is 1. The Bertz CT molecular complexity index is 1610. The van der Waals surface area contributed by atoms with E-state index in [0.717, 1.165) is 42.0 Å². The van der Waals surface area contributed by atoms with Crippen molar-refractivity contribution < 1.29 is 37.0 Å². The standard InChI is InChI=1S/C27H25F3N4O5S/c1-4-39-26(36)22-15-7-5-6-8-20(15)40-25(22)33-24(35)16-13-31-34-21(27(28,29)30)12-17(32-23(16)34)14-9-10-18(37-2)19(11-14)38-3/h9-13H,4-8H2,1-3H3,(H,33,35). The third-order valence-electron chi connectivity index (χ3n) is 6.56. The number of fused-ring (bicyclic) bond motifs is 2. The summed E-state index contributed by atoms with van der Waals surface area (Å²) >= 11 is 1.28. The number of hydrogen-bond donors (Lipinski definition) is 1. The number of aryl methyl sites for hydroxylation is 1. The zero-order valence-electron chi connectivity index (χ0n) is 21.8. The molecular weight excluding hydrogens is 549 g/mol. The van der Waals surface area contributed by atoms with E-state index in [1.807, 2.05) is 0 Å². The molecule has 0 saturated heterocycles. The summed E-state index contributed by atoms with van der Waals surface area (Å²) in [5, 5.41) is 6.85. The van der Waals surface area contributed by atoms with Gasteiger partial charge in [-0.2, -0.15) is 18.3 Å². The highest BCUT2D eigenvalue weighted by Crippen LogP contribution is 2.40. The van der Waals surface area contributed by atoms with Crippen molar-refractivity contribution in [3.63, 3.8) is 0 Å². The molecule has 9 nitrogen and oxygen atoms in total. The van der Waals surface area contributed by atoms with Gasteiger partial charge in [-0.25, -0.2) is 14.3 Å². The van der Waals surface area contributed by atoms with Crippen LogP contribution in [0.3, 0.4) is 0 Å². The molecule has 40 heavy (non-hydrogen) atoms. The van der Waals surface area contributed by atoms with Gasteiger partial charge in [0, 0.05) is 10.4 Å². The molecule has 1 aliphatic rings. The van der Waals surface area contributed by atoms with Crippen LogP contribution in [0, 0.1) is 0 Å². The zero-order chi connectivity index (χ0) is 28.6. The Morgan fingerprint density at radius 3 is 2.55 bits per heavy atom. The highest BCUT2D eigenvalue weighted by atomic mass is 32.1. The minimum atomic E-state index is -4.80. The number of carbonyl (C=O) groups excluding carboxylic acids is 2. The molecule has 5 rings (SSSR count). The SMILES string of the molecule is CCOC(=O)c1c(NC(=O)c2cnn3c(C(F)(F)F)cc(-c4ccc(OC)c(OC)c4)nc23)sc2c1CCCC2. The van der Waals surface area contributed by atoms with Crippen LogP contribution in [0.5, 0.6) is 11.5 Å². The molecule has 1 amide bonds. The van der Waals surface area contributed by atoms with Crippen molar-refractivity contribution >= 4 is 33.9 Å². The van der Waals surface area contributed by atoms with Crippen LogP contribution >= 0.6 is 11.3 Å². The van der Waals surface area contributed by atoms with Crippen molar-refractivity contribution in [2.75, 3.05) is 26.1 Å². The molecule has 0 radical (unpaired) electrons. The number of alkyl halides is 3. The molecule has 4 aromatic rings. The zero-order valence-corrected chi connectivity index (χ0v) is 22.7. The fourth-order valence-electron chi connectivity index (χ4n) is 4.71. The van der Waals surface area contributed by atoms with E-state index in [1.54, 1.807) is 13.0 Å². The molecule has 210 valence electrons. The normalized spacial score (nSPS) is 13.2. The maximum Gasteiger partial charge on any atom is 0.433 e. The van der Waals surface area contributed by atoms with Crippen LogP contribution in [0.4, 0.5) is 18.2 Å². The minimum Gasteiger partial charge on any atom is -0.493 e. The average Bonchev–Trinajstić information content (AvgIpc) is 3.52. The second-order valence-electron chi connectivity index (χ2n) is 8.98. The lowest BCUT2D eigenvalue weighted by molar-refractivity contribution is -0.142. The van der Waals surface area contributed by atoms with Gasteiger partial charge in [-0.05, 0) is 62.4 Å². The van der Waals surface area contributed by atoms with Gasteiger partial charge in [0.15, 0.2) is 22.8 Å². The van der Waals surface area contributed by atoms with Gasteiger partial charge in [0.1, 0.15) is 10.6 Å². The molecular formula is C27H25F3N4O5S. The number of methoxy groups -OCH3 is 2. The molecule has 0 aliphatic heterocycles. The van der Waals surface area contributed by atoms with Crippen molar-refractivity contribution in [1.82, 2.24) is 14.6 Å². The smallest absolute Gasteiger partial charge is 0.433 e. The highest BCUT2D eigenvalue weighted by Gasteiger charge is 2.36. The molecule has 1 aromatic carbocycles. The molecule has 3 heterocycles. The lowest BCUT2D eigenvalue weighted by Gasteiger charge is -2.13. The van der Waals surface area contributed by atoms with Crippen molar-refractivity contribution in [2.24, 2.45) is 0 Å². The monoisotopic (exact) mass is 574 g/mol. The number of esters is 1. The maximum absolute atomic E-state index is 14.1. The van der Waals surface area contributed by atoms with Gasteiger partial charge >= 0.3 is 12.1 Å². The number of nitrogens with zero attached hydrogens (tertiary/aromatic N) is 3. The highest BCUT2D eigenvalue weighted by molar-refractivity contribution is 7.17. The van der Waals surface area contributed by atoms with E-state index >= 15 is 0 Å². The first-order valence-corrected chi connectivity index (χ1v) is 13.3. The first kappa shape index (κ1) is 27.4. The van der Waals surface area contributed by atoms with Crippen LogP contribution in [0.25, 0.3) is 16.9 Å². The van der Waals surface area contributed by atoms with Crippen LogP contribution in [0.2, 0.25) is 0 Å². The summed E-state index contributed by atoms with van der Waals surface area (Å²) in [5.74, 6) is -0.603. The summed E-state index contributed by atoms with van der Waals surface area (Å²) in [4.78, 5) is 31.6. The third-order valence-corrected chi connectivity index (χ3v) is 7.77.